The Bertz CT molecular complexity index is 567. The monoisotopic (exact) mass is 216 g/mol. The zero-order chi connectivity index (χ0) is 11.7. The predicted octanol–water partition coefficient (Wildman–Crippen LogP) is 1.81. The van der Waals surface area contributed by atoms with E-state index in [2.05, 4.69) is 22.3 Å². The van der Waals surface area contributed by atoms with E-state index in [1.807, 2.05) is 49.2 Å². The Morgan fingerprint density at radius 3 is 1.94 bits per heavy atom. The lowest BCUT2D eigenvalue weighted by atomic mass is 10.3. The molecule has 0 bridgehead atoms. The number of fused-ring (bicyclic) bond motifs is 1. The maximum Gasteiger partial charge on any atom is 0.230 e. The van der Waals surface area contributed by atoms with Gasteiger partial charge in [0.05, 0.1) is 11.0 Å². The topological polar surface area (TPSA) is 34.6 Å². The molecule has 4 nitrogen and oxygen atoms in total. The van der Waals surface area contributed by atoms with E-state index in [0.29, 0.717) is 0 Å². The Hall–Kier alpha value is -1.84. The Morgan fingerprint density at radius 1 is 1.00 bits per heavy atom. The van der Waals surface area contributed by atoms with Crippen molar-refractivity contribution >= 4 is 16.7 Å². The molecule has 4 heteroatoms. The highest BCUT2D eigenvalue weighted by Gasteiger charge is 2.04. The largest absolute Gasteiger partial charge is 0.312 e. The summed E-state index contributed by atoms with van der Waals surface area (Å²) in [5.41, 5.74) is 4.12. The van der Waals surface area contributed by atoms with Gasteiger partial charge in [0.15, 0.2) is 0 Å². The summed E-state index contributed by atoms with van der Waals surface area (Å²) in [4.78, 5) is 0. The van der Waals surface area contributed by atoms with E-state index in [1.165, 1.54) is 0 Å². The van der Waals surface area contributed by atoms with Gasteiger partial charge >= 0.3 is 0 Å². The zero-order valence-corrected chi connectivity index (χ0v) is 10.1. The normalized spacial score (nSPS) is 10.5. The van der Waals surface area contributed by atoms with Crippen molar-refractivity contribution in [1.29, 1.82) is 0 Å². The number of para-hydroxylation sites is 2. The second-order valence-corrected chi connectivity index (χ2v) is 4.05. The van der Waals surface area contributed by atoms with Crippen molar-refractivity contribution in [2.24, 2.45) is 24.3 Å². The fourth-order valence-electron chi connectivity index (χ4n) is 1.75. The molecule has 2 rings (SSSR count). The highest BCUT2D eigenvalue weighted by atomic mass is 15.3. The minimum absolute atomic E-state index is 0.849. The van der Waals surface area contributed by atoms with Gasteiger partial charge in [0, 0.05) is 19.8 Å². The average molecular weight is 216 g/mol. The molecule has 0 saturated heterocycles. The lowest BCUT2D eigenvalue weighted by Crippen LogP contribution is -2.21. The van der Waals surface area contributed by atoms with Gasteiger partial charge in [-0.1, -0.05) is 12.1 Å². The number of nitrogens with zero attached hydrogens (tertiary/aromatic N) is 4. The van der Waals surface area contributed by atoms with Crippen LogP contribution in [0, 0.1) is 0 Å². The molecule has 0 amide bonds. The molecule has 1 aromatic carbocycles. The molecule has 0 fully saturated rings. The van der Waals surface area contributed by atoms with Crippen LogP contribution in [-0.4, -0.2) is 14.8 Å². The van der Waals surface area contributed by atoms with Crippen molar-refractivity contribution in [2.75, 3.05) is 0 Å². The lowest BCUT2D eigenvalue weighted by Gasteiger charge is -1.92. The van der Waals surface area contributed by atoms with Gasteiger partial charge in [0.25, 0.3) is 0 Å². The van der Waals surface area contributed by atoms with Crippen LogP contribution in [0.25, 0.3) is 11.0 Å². The number of benzene rings is 1. The third-order valence-electron chi connectivity index (χ3n) is 2.54. The van der Waals surface area contributed by atoms with Gasteiger partial charge < -0.3 is 9.13 Å². The Kier molecular flexibility index (Phi) is 2.64. The number of aryl methyl sites for hydroxylation is 2. The van der Waals surface area contributed by atoms with Crippen molar-refractivity contribution in [1.82, 2.24) is 9.13 Å². The van der Waals surface area contributed by atoms with Crippen molar-refractivity contribution in [3.05, 3.63) is 29.9 Å². The maximum absolute atomic E-state index is 4.26. The summed E-state index contributed by atoms with van der Waals surface area (Å²) < 4.78 is 4.09. The van der Waals surface area contributed by atoms with E-state index in [4.69, 9.17) is 0 Å². The SMILES string of the molecule is CC(C)=NN=c1n(C)c2ccccc2n1C. The molecule has 0 aliphatic heterocycles. The fraction of sp³-hybridized carbons (Fsp3) is 0.333. The number of rotatable bonds is 1. The first-order chi connectivity index (χ1) is 7.61. The summed E-state index contributed by atoms with van der Waals surface area (Å²) in [6, 6.07) is 8.22. The van der Waals surface area contributed by atoms with Crippen molar-refractivity contribution in [3.8, 4) is 0 Å². The third kappa shape index (κ3) is 1.66. The molecule has 1 heterocycles. The van der Waals surface area contributed by atoms with Crippen molar-refractivity contribution in [2.45, 2.75) is 13.8 Å². The molecule has 2 aromatic rings. The summed E-state index contributed by atoms with van der Waals surface area (Å²) in [5.74, 6) is 0. The molecule has 0 radical (unpaired) electrons. The van der Waals surface area contributed by atoms with Crippen molar-refractivity contribution < 1.29 is 0 Å². The van der Waals surface area contributed by atoms with E-state index in [1.54, 1.807) is 0 Å². The van der Waals surface area contributed by atoms with Gasteiger partial charge in [-0.25, -0.2) is 0 Å². The van der Waals surface area contributed by atoms with Crippen LogP contribution in [0.4, 0.5) is 0 Å². The van der Waals surface area contributed by atoms with E-state index >= 15 is 0 Å². The number of hydrogen-bond acceptors (Lipinski definition) is 2. The van der Waals surface area contributed by atoms with E-state index < -0.39 is 0 Å². The van der Waals surface area contributed by atoms with Gasteiger partial charge in [-0.15, -0.1) is 5.10 Å². The molecule has 0 unspecified atom stereocenters. The lowest BCUT2D eigenvalue weighted by molar-refractivity contribution is 0.744. The fourth-order valence-corrected chi connectivity index (χ4v) is 1.75. The smallest absolute Gasteiger partial charge is 0.230 e. The number of imidazole rings is 1. The minimum atomic E-state index is 0.849. The van der Waals surface area contributed by atoms with Crippen molar-refractivity contribution in [3.63, 3.8) is 0 Å². The van der Waals surface area contributed by atoms with Gasteiger partial charge in [0.1, 0.15) is 0 Å². The van der Waals surface area contributed by atoms with Crippen LogP contribution in [-0.2, 0) is 14.1 Å². The van der Waals surface area contributed by atoms with Crippen LogP contribution in [0.15, 0.2) is 34.5 Å². The third-order valence-corrected chi connectivity index (χ3v) is 2.54. The Balaban J connectivity index is 2.81. The summed E-state index contributed by atoms with van der Waals surface area (Å²) in [5, 5.41) is 8.37. The highest BCUT2D eigenvalue weighted by molar-refractivity contribution is 5.79. The van der Waals surface area contributed by atoms with Crippen LogP contribution < -0.4 is 5.62 Å². The Labute approximate surface area is 94.5 Å². The van der Waals surface area contributed by atoms with Crippen LogP contribution in [0.5, 0.6) is 0 Å². The van der Waals surface area contributed by atoms with Crippen LogP contribution in [0.1, 0.15) is 13.8 Å². The molecular weight excluding hydrogens is 200 g/mol. The van der Waals surface area contributed by atoms with E-state index in [0.717, 1.165) is 22.4 Å². The molecule has 1 aromatic heterocycles. The van der Waals surface area contributed by atoms with Crippen LogP contribution in [0.3, 0.4) is 0 Å². The molecule has 0 aliphatic rings. The molecule has 0 spiro atoms. The summed E-state index contributed by atoms with van der Waals surface area (Å²) >= 11 is 0. The Morgan fingerprint density at radius 2 is 1.50 bits per heavy atom. The predicted molar refractivity (Wildman–Crippen MR) is 66.2 cm³/mol. The van der Waals surface area contributed by atoms with E-state index in [9.17, 15) is 0 Å². The number of hydrogen-bond donors (Lipinski definition) is 0. The van der Waals surface area contributed by atoms with Gasteiger partial charge in [-0.3, -0.25) is 0 Å². The van der Waals surface area contributed by atoms with Gasteiger partial charge in [-0.2, -0.15) is 5.10 Å². The standard InChI is InChI=1S/C12H16N4/c1-9(2)13-14-12-15(3)10-7-5-6-8-11(10)16(12)4/h5-8H,1-4H3. The molecule has 0 saturated carbocycles. The van der Waals surface area contributed by atoms with Crippen LogP contribution in [0.2, 0.25) is 0 Å². The molecule has 0 aliphatic carbocycles. The zero-order valence-electron chi connectivity index (χ0n) is 10.1. The summed E-state index contributed by atoms with van der Waals surface area (Å²) in [6.07, 6.45) is 0. The minimum Gasteiger partial charge on any atom is -0.312 e. The average Bonchev–Trinajstić information content (AvgIpc) is 2.50. The van der Waals surface area contributed by atoms with E-state index in [-0.39, 0.29) is 0 Å². The molecular formula is C12H16N4. The first kappa shape index (κ1) is 10.7. The summed E-state index contributed by atoms with van der Waals surface area (Å²) in [6.45, 7) is 3.87. The quantitative estimate of drug-likeness (QED) is 0.515. The summed E-state index contributed by atoms with van der Waals surface area (Å²) in [7, 11) is 4.00. The molecule has 84 valence electrons. The number of aromatic nitrogens is 2. The highest BCUT2D eigenvalue weighted by Crippen LogP contribution is 2.09. The maximum atomic E-state index is 4.26. The second-order valence-electron chi connectivity index (χ2n) is 4.05. The second kappa shape index (κ2) is 3.96. The molecule has 0 N–H and O–H groups in total. The molecule has 16 heavy (non-hydrogen) atoms. The first-order valence-corrected chi connectivity index (χ1v) is 5.26. The van der Waals surface area contributed by atoms with Crippen LogP contribution >= 0.6 is 0 Å². The first-order valence-electron chi connectivity index (χ1n) is 5.26. The molecule has 0 atom stereocenters. The van der Waals surface area contributed by atoms with Gasteiger partial charge in [0.2, 0.25) is 5.62 Å². The van der Waals surface area contributed by atoms with Gasteiger partial charge in [-0.05, 0) is 26.0 Å².